The van der Waals surface area contributed by atoms with E-state index in [1.165, 1.54) is 11.3 Å². The van der Waals surface area contributed by atoms with Crippen LogP contribution in [0.2, 0.25) is 4.34 Å². The largest absolute Gasteiger partial charge is 0.496 e. The molecule has 108 valence electrons. The summed E-state index contributed by atoms with van der Waals surface area (Å²) in [5, 5.41) is 10.3. The second kappa shape index (κ2) is 6.43. The first kappa shape index (κ1) is 15.8. The van der Waals surface area contributed by atoms with Crippen LogP contribution in [0.25, 0.3) is 0 Å². The maximum atomic E-state index is 10.3. The van der Waals surface area contributed by atoms with Gasteiger partial charge in [0.15, 0.2) is 0 Å². The normalized spacial score (nSPS) is 12.5. The molecule has 0 spiro atoms. The summed E-state index contributed by atoms with van der Waals surface area (Å²) in [6.07, 6.45) is 1.58. The van der Waals surface area contributed by atoms with E-state index in [-0.39, 0.29) is 0 Å². The maximum Gasteiger partial charge on any atom is 0.128 e. The Morgan fingerprint density at radius 2 is 2.20 bits per heavy atom. The van der Waals surface area contributed by atoms with E-state index in [4.69, 9.17) is 16.3 Å². The van der Waals surface area contributed by atoms with Crippen molar-refractivity contribution >= 4 is 38.9 Å². The Labute approximate surface area is 135 Å². The fourth-order valence-corrected chi connectivity index (χ4v) is 3.81. The first-order chi connectivity index (χ1) is 9.43. The first-order valence-electron chi connectivity index (χ1n) is 6.06. The molecule has 0 aromatic carbocycles. The minimum atomic E-state index is -0.623. The number of rotatable bonds is 4. The third-order valence-corrected chi connectivity index (χ3v) is 5.71. The van der Waals surface area contributed by atoms with Crippen LogP contribution >= 0.6 is 38.9 Å². The molecule has 0 aliphatic rings. The Kier molecular flexibility index (Phi) is 5.07. The standard InChI is InChI=1S/C14H15BrClNO2S/c1-7-6-17-10(8(2)13(7)19-3)5-11(18)12-4-9(15)14(16)20-12/h4,6,11,18H,5H2,1-3H3. The highest BCUT2D eigenvalue weighted by Gasteiger charge is 2.17. The van der Waals surface area contributed by atoms with Crippen LogP contribution in [0.5, 0.6) is 5.75 Å². The fraction of sp³-hybridized carbons (Fsp3) is 0.357. The minimum Gasteiger partial charge on any atom is -0.496 e. The van der Waals surface area contributed by atoms with Gasteiger partial charge in [0.05, 0.1) is 13.2 Å². The van der Waals surface area contributed by atoms with Crippen LogP contribution in [0.1, 0.15) is 27.8 Å². The Balaban J connectivity index is 2.26. The quantitative estimate of drug-likeness (QED) is 0.856. The molecular formula is C14H15BrClNO2S. The zero-order chi connectivity index (χ0) is 14.9. The van der Waals surface area contributed by atoms with Crippen molar-refractivity contribution in [3.8, 4) is 5.75 Å². The van der Waals surface area contributed by atoms with Gasteiger partial charge in [-0.2, -0.15) is 0 Å². The summed E-state index contributed by atoms with van der Waals surface area (Å²) in [6, 6.07) is 1.85. The zero-order valence-corrected chi connectivity index (χ0v) is 14.6. The van der Waals surface area contributed by atoms with Crippen LogP contribution in [-0.2, 0) is 6.42 Å². The molecule has 0 bridgehead atoms. The van der Waals surface area contributed by atoms with Crippen LogP contribution in [0.15, 0.2) is 16.7 Å². The van der Waals surface area contributed by atoms with Gasteiger partial charge in [0.2, 0.25) is 0 Å². The number of nitrogens with zero attached hydrogens (tertiary/aromatic N) is 1. The molecule has 0 fully saturated rings. The molecule has 1 N–H and O–H groups in total. The lowest BCUT2D eigenvalue weighted by Gasteiger charge is -2.14. The number of methoxy groups -OCH3 is 1. The lowest BCUT2D eigenvalue weighted by atomic mass is 10.1. The molecule has 2 aromatic rings. The molecule has 0 saturated heterocycles. The molecule has 1 unspecified atom stereocenters. The molecule has 2 aromatic heterocycles. The van der Waals surface area contributed by atoms with Gasteiger partial charge in [0.1, 0.15) is 10.1 Å². The van der Waals surface area contributed by atoms with Crippen molar-refractivity contribution < 1.29 is 9.84 Å². The minimum absolute atomic E-state index is 0.436. The van der Waals surface area contributed by atoms with Crippen molar-refractivity contribution in [3.63, 3.8) is 0 Å². The number of pyridine rings is 1. The number of halogens is 2. The highest BCUT2D eigenvalue weighted by molar-refractivity contribution is 9.10. The number of thiophene rings is 1. The van der Waals surface area contributed by atoms with Gasteiger partial charge in [-0.05, 0) is 35.8 Å². The van der Waals surface area contributed by atoms with Crippen LogP contribution in [0, 0.1) is 13.8 Å². The molecule has 2 heterocycles. The third-order valence-electron chi connectivity index (χ3n) is 3.13. The number of hydrogen-bond donors (Lipinski definition) is 1. The number of aliphatic hydroxyl groups excluding tert-OH is 1. The molecule has 1 atom stereocenters. The summed E-state index contributed by atoms with van der Waals surface area (Å²) in [4.78, 5) is 5.22. The van der Waals surface area contributed by atoms with Crippen molar-refractivity contribution in [2.24, 2.45) is 0 Å². The van der Waals surface area contributed by atoms with Crippen molar-refractivity contribution in [2.45, 2.75) is 26.4 Å². The summed E-state index contributed by atoms with van der Waals surface area (Å²) >= 11 is 10.7. The lowest BCUT2D eigenvalue weighted by Crippen LogP contribution is -2.05. The van der Waals surface area contributed by atoms with Crippen LogP contribution in [0.4, 0.5) is 0 Å². The van der Waals surface area contributed by atoms with E-state index in [9.17, 15) is 5.11 Å². The summed E-state index contributed by atoms with van der Waals surface area (Å²) in [5.74, 6) is 0.826. The Bertz CT molecular complexity index is 610. The van der Waals surface area contributed by atoms with Gasteiger partial charge in [0.25, 0.3) is 0 Å². The average Bonchev–Trinajstić information content (AvgIpc) is 2.74. The third kappa shape index (κ3) is 3.17. The maximum absolute atomic E-state index is 10.3. The van der Waals surface area contributed by atoms with E-state index in [0.29, 0.717) is 10.8 Å². The van der Waals surface area contributed by atoms with E-state index in [0.717, 1.165) is 31.9 Å². The second-order valence-corrected chi connectivity index (χ2v) is 7.08. The van der Waals surface area contributed by atoms with Crippen LogP contribution in [-0.4, -0.2) is 17.2 Å². The average molecular weight is 377 g/mol. The molecule has 20 heavy (non-hydrogen) atoms. The number of hydrogen-bond acceptors (Lipinski definition) is 4. The lowest BCUT2D eigenvalue weighted by molar-refractivity contribution is 0.180. The summed E-state index contributed by atoms with van der Waals surface area (Å²) in [6.45, 7) is 3.91. The molecule has 0 amide bonds. The van der Waals surface area contributed by atoms with Gasteiger partial charge in [-0.15, -0.1) is 11.3 Å². The summed E-state index contributed by atoms with van der Waals surface area (Å²) in [7, 11) is 1.64. The van der Waals surface area contributed by atoms with Gasteiger partial charge in [0, 0.05) is 38.8 Å². The zero-order valence-electron chi connectivity index (χ0n) is 11.4. The molecular weight excluding hydrogens is 362 g/mol. The second-order valence-electron chi connectivity index (χ2n) is 4.54. The predicted molar refractivity (Wildman–Crippen MR) is 86.0 cm³/mol. The van der Waals surface area contributed by atoms with Gasteiger partial charge < -0.3 is 9.84 Å². The SMILES string of the molecule is COc1c(C)cnc(CC(O)c2cc(Br)c(Cl)s2)c1C. The summed E-state index contributed by atoms with van der Waals surface area (Å²) in [5.41, 5.74) is 2.79. The van der Waals surface area contributed by atoms with Crippen molar-refractivity contribution in [3.05, 3.63) is 42.8 Å². The molecule has 0 saturated carbocycles. The van der Waals surface area contributed by atoms with E-state index in [1.54, 1.807) is 13.3 Å². The van der Waals surface area contributed by atoms with Crippen molar-refractivity contribution in [1.29, 1.82) is 0 Å². The Hall–Kier alpha value is -0.620. The van der Waals surface area contributed by atoms with Crippen molar-refractivity contribution in [2.75, 3.05) is 7.11 Å². The Morgan fingerprint density at radius 3 is 2.75 bits per heavy atom. The molecule has 2 rings (SSSR count). The van der Waals surface area contributed by atoms with E-state index in [1.807, 2.05) is 19.9 Å². The molecule has 3 nitrogen and oxygen atoms in total. The molecule has 6 heteroatoms. The monoisotopic (exact) mass is 375 g/mol. The first-order valence-corrected chi connectivity index (χ1v) is 8.04. The number of ether oxygens (including phenoxy) is 1. The fourth-order valence-electron chi connectivity index (χ4n) is 2.09. The predicted octanol–water partition coefficient (Wildman–Crippen LogP) is 4.46. The van der Waals surface area contributed by atoms with Gasteiger partial charge in [-0.3, -0.25) is 4.98 Å². The van der Waals surface area contributed by atoms with Gasteiger partial charge in [-0.1, -0.05) is 11.6 Å². The number of aliphatic hydroxyl groups is 1. The Morgan fingerprint density at radius 1 is 1.50 bits per heavy atom. The summed E-state index contributed by atoms with van der Waals surface area (Å²) < 4.78 is 6.83. The molecule has 0 aliphatic heterocycles. The van der Waals surface area contributed by atoms with E-state index in [2.05, 4.69) is 20.9 Å². The van der Waals surface area contributed by atoms with Crippen molar-refractivity contribution in [1.82, 2.24) is 4.98 Å². The number of aryl methyl sites for hydroxylation is 1. The van der Waals surface area contributed by atoms with Gasteiger partial charge >= 0.3 is 0 Å². The highest BCUT2D eigenvalue weighted by Crippen LogP contribution is 2.36. The molecule has 0 radical (unpaired) electrons. The molecule has 0 aliphatic carbocycles. The van der Waals surface area contributed by atoms with E-state index < -0.39 is 6.10 Å². The smallest absolute Gasteiger partial charge is 0.128 e. The van der Waals surface area contributed by atoms with E-state index >= 15 is 0 Å². The van der Waals surface area contributed by atoms with Crippen LogP contribution in [0.3, 0.4) is 0 Å². The van der Waals surface area contributed by atoms with Gasteiger partial charge in [-0.25, -0.2) is 0 Å². The van der Waals surface area contributed by atoms with Crippen LogP contribution < -0.4 is 4.74 Å². The number of aromatic nitrogens is 1. The topological polar surface area (TPSA) is 42.4 Å². The highest BCUT2D eigenvalue weighted by atomic mass is 79.9.